The van der Waals surface area contributed by atoms with Gasteiger partial charge in [0.1, 0.15) is 0 Å². The van der Waals surface area contributed by atoms with Crippen molar-refractivity contribution in [2.24, 2.45) is 5.41 Å². The maximum atomic E-state index is 12.4. The number of halogens is 1. The van der Waals surface area contributed by atoms with Crippen molar-refractivity contribution in [3.05, 3.63) is 21.3 Å². The Bertz CT molecular complexity index is 564. The van der Waals surface area contributed by atoms with Crippen LogP contribution in [0.1, 0.15) is 35.9 Å². The maximum absolute atomic E-state index is 12.4. The van der Waals surface area contributed by atoms with E-state index in [-0.39, 0.29) is 17.2 Å². The number of hydrogen-bond acceptors (Lipinski definition) is 3. The molecule has 0 N–H and O–H groups in total. The van der Waals surface area contributed by atoms with Gasteiger partial charge in [0.2, 0.25) is 5.91 Å². The molecule has 0 aromatic carbocycles. The molecule has 0 radical (unpaired) electrons. The van der Waals surface area contributed by atoms with Crippen LogP contribution in [0.2, 0.25) is 4.34 Å². The van der Waals surface area contributed by atoms with Crippen molar-refractivity contribution in [3.63, 3.8) is 0 Å². The molecule has 3 heterocycles. The Morgan fingerprint density at radius 3 is 2.62 bits per heavy atom. The molecule has 6 heteroatoms. The molecule has 114 valence electrons. The monoisotopic (exact) mass is 326 g/mol. The fourth-order valence-electron chi connectivity index (χ4n) is 3.37. The fraction of sp³-hybridized carbons (Fsp3) is 0.600. The lowest BCUT2D eigenvalue weighted by Crippen LogP contribution is -2.44. The molecule has 2 aliphatic rings. The van der Waals surface area contributed by atoms with E-state index in [4.69, 9.17) is 11.6 Å². The Hall–Kier alpha value is -1.07. The molecule has 0 bridgehead atoms. The molecule has 1 spiro atoms. The first-order chi connectivity index (χ1) is 10.0. The SMILES string of the molecule is CCN1CC2(CCN(C(=O)c3ccc(Cl)s3)CC2)CC1=O. The van der Waals surface area contributed by atoms with Crippen LogP contribution in [0.4, 0.5) is 0 Å². The summed E-state index contributed by atoms with van der Waals surface area (Å²) in [5.74, 6) is 0.334. The van der Waals surface area contributed by atoms with Gasteiger partial charge in [0.25, 0.3) is 5.91 Å². The zero-order valence-corrected chi connectivity index (χ0v) is 13.7. The van der Waals surface area contributed by atoms with Crippen LogP contribution >= 0.6 is 22.9 Å². The van der Waals surface area contributed by atoms with E-state index in [1.54, 1.807) is 12.1 Å². The summed E-state index contributed by atoms with van der Waals surface area (Å²) in [5, 5.41) is 0. The first kappa shape index (κ1) is 14.9. The second kappa shape index (κ2) is 5.61. The Labute approximate surface area is 133 Å². The first-order valence-corrected chi connectivity index (χ1v) is 8.55. The lowest BCUT2D eigenvalue weighted by atomic mass is 9.77. The van der Waals surface area contributed by atoms with Gasteiger partial charge in [-0.15, -0.1) is 11.3 Å². The van der Waals surface area contributed by atoms with Crippen molar-refractivity contribution >= 4 is 34.8 Å². The van der Waals surface area contributed by atoms with Crippen molar-refractivity contribution in [2.45, 2.75) is 26.2 Å². The summed E-state index contributed by atoms with van der Waals surface area (Å²) in [6, 6.07) is 3.55. The van der Waals surface area contributed by atoms with Crippen LogP contribution in [0.25, 0.3) is 0 Å². The molecule has 2 aliphatic heterocycles. The van der Waals surface area contributed by atoms with E-state index in [1.165, 1.54) is 11.3 Å². The zero-order chi connectivity index (χ0) is 15.0. The van der Waals surface area contributed by atoms with Crippen LogP contribution in [0.5, 0.6) is 0 Å². The summed E-state index contributed by atoms with van der Waals surface area (Å²) in [7, 11) is 0. The normalized spacial score (nSPS) is 21.3. The molecular formula is C15H19ClN2O2S. The molecule has 3 rings (SSSR count). The number of carbonyl (C=O) groups excluding carboxylic acids is 2. The zero-order valence-electron chi connectivity index (χ0n) is 12.1. The van der Waals surface area contributed by atoms with E-state index in [0.29, 0.717) is 15.6 Å². The predicted octanol–water partition coefficient (Wildman–Crippen LogP) is 2.88. The number of carbonyl (C=O) groups is 2. The molecule has 2 saturated heterocycles. The van der Waals surface area contributed by atoms with Crippen molar-refractivity contribution < 1.29 is 9.59 Å². The van der Waals surface area contributed by atoms with Gasteiger partial charge in [0.15, 0.2) is 0 Å². The van der Waals surface area contributed by atoms with Gasteiger partial charge in [-0.2, -0.15) is 0 Å². The molecular weight excluding hydrogens is 308 g/mol. The molecule has 1 aromatic rings. The lowest BCUT2D eigenvalue weighted by molar-refractivity contribution is -0.127. The van der Waals surface area contributed by atoms with Gasteiger partial charge >= 0.3 is 0 Å². The van der Waals surface area contributed by atoms with E-state index in [1.807, 2.05) is 16.7 Å². The predicted molar refractivity (Wildman–Crippen MR) is 83.8 cm³/mol. The highest BCUT2D eigenvalue weighted by molar-refractivity contribution is 7.17. The molecule has 0 unspecified atom stereocenters. The van der Waals surface area contributed by atoms with Crippen LogP contribution in [0.3, 0.4) is 0 Å². The van der Waals surface area contributed by atoms with Gasteiger partial charge in [-0.1, -0.05) is 11.6 Å². The number of amides is 2. The number of rotatable bonds is 2. The third kappa shape index (κ3) is 2.81. The van der Waals surface area contributed by atoms with Crippen molar-refractivity contribution in [2.75, 3.05) is 26.2 Å². The quantitative estimate of drug-likeness (QED) is 0.838. The van der Waals surface area contributed by atoms with Gasteiger partial charge in [0.05, 0.1) is 9.21 Å². The molecule has 21 heavy (non-hydrogen) atoms. The highest BCUT2D eigenvalue weighted by Crippen LogP contribution is 2.41. The summed E-state index contributed by atoms with van der Waals surface area (Å²) >= 11 is 7.22. The second-order valence-corrected chi connectivity index (χ2v) is 7.70. The largest absolute Gasteiger partial charge is 0.342 e. The Balaban J connectivity index is 1.63. The third-order valence-corrected chi connectivity index (χ3v) is 5.90. The molecule has 4 nitrogen and oxygen atoms in total. The van der Waals surface area contributed by atoms with Crippen molar-refractivity contribution in [1.82, 2.24) is 9.80 Å². The van der Waals surface area contributed by atoms with Gasteiger partial charge in [-0.3, -0.25) is 9.59 Å². The van der Waals surface area contributed by atoms with Gasteiger partial charge in [-0.05, 0) is 31.9 Å². The average Bonchev–Trinajstić information content (AvgIpc) is 3.03. The van der Waals surface area contributed by atoms with Crippen LogP contribution in [-0.2, 0) is 4.79 Å². The number of piperidine rings is 1. The Morgan fingerprint density at radius 1 is 1.38 bits per heavy atom. The summed E-state index contributed by atoms with van der Waals surface area (Å²) in [6.45, 7) is 5.14. The van der Waals surface area contributed by atoms with Crippen molar-refractivity contribution in [1.29, 1.82) is 0 Å². The topological polar surface area (TPSA) is 40.6 Å². The van der Waals surface area contributed by atoms with Gasteiger partial charge in [0, 0.05) is 38.0 Å². The van der Waals surface area contributed by atoms with E-state index in [9.17, 15) is 9.59 Å². The third-order valence-electron chi connectivity index (χ3n) is 4.68. The van der Waals surface area contributed by atoms with Crippen LogP contribution in [0, 0.1) is 5.41 Å². The summed E-state index contributed by atoms with van der Waals surface area (Å²) in [4.78, 5) is 28.9. The summed E-state index contributed by atoms with van der Waals surface area (Å²) < 4.78 is 0.645. The molecule has 0 atom stereocenters. The highest BCUT2D eigenvalue weighted by Gasteiger charge is 2.44. The van der Waals surface area contributed by atoms with Gasteiger partial charge < -0.3 is 9.80 Å². The number of likely N-dealkylation sites (tertiary alicyclic amines) is 2. The molecule has 0 saturated carbocycles. The summed E-state index contributed by atoms with van der Waals surface area (Å²) in [6.07, 6.45) is 2.48. The smallest absolute Gasteiger partial charge is 0.263 e. The van der Waals surface area contributed by atoms with E-state index >= 15 is 0 Å². The Morgan fingerprint density at radius 2 is 2.10 bits per heavy atom. The standard InChI is InChI=1S/C15H19ClN2O2S/c1-2-17-10-15(9-13(17)19)5-7-18(8-6-15)14(20)11-3-4-12(16)21-11/h3-4H,2,5-10H2,1H3. The minimum atomic E-state index is 0.0680. The van der Waals surface area contributed by atoms with E-state index < -0.39 is 0 Å². The first-order valence-electron chi connectivity index (χ1n) is 7.35. The second-order valence-electron chi connectivity index (χ2n) is 5.98. The van der Waals surface area contributed by atoms with Crippen LogP contribution < -0.4 is 0 Å². The van der Waals surface area contributed by atoms with E-state index in [2.05, 4.69) is 0 Å². The number of thiophene rings is 1. The fourth-order valence-corrected chi connectivity index (χ4v) is 4.38. The lowest BCUT2D eigenvalue weighted by Gasteiger charge is -2.38. The van der Waals surface area contributed by atoms with E-state index in [0.717, 1.165) is 39.0 Å². The van der Waals surface area contributed by atoms with Crippen molar-refractivity contribution in [3.8, 4) is 0 Å². The summed E-state index contributed by atoms with van der Waals surface area (Å²) in [5.41, 5.74) is 0.0942. The molecule has 2 fully saturated rings. The van der Waals surface area contributed by atoms with Crippen LogP contribution in [-0.4, -0.2) is 47.8 Å². The Kier molecular flexibility index (Phi) is 3.97. The number of nitrogens with zero attached hydrogens (tertiary/aromatic N) is 2. The number of hydrogen-bond donors (Lipinski definition) is 0. The minimum Gasteiger partial charge on any atom is -0.342 e. The molecule has 2 amide bonds. The molecule has 0 aliphatic carbocycles. The van der Waals surface area contributed by atoms with Crippen LogP contribution in [0.15, 0.2) is 12.1 Å². The van der Waals surface area contributed by atoms with Gasteiger partial charge in [-0.25, -0.2) is 0 Å². The molecule has 1 aromatic heterocycles. The average molecular weight is 327 g/mol. The highest BCUT2D eigenvalue weighted by atomic mass is 35.5. The maximum Gasteiger partial charge on any atom is 0.263 e. The minimum absolute atomic E-state index is 0.0680.